The highest BCUT2D eigenvalue weighted by atomic mass is 79.9. The average molecular weight is 319 g/mol. The van der Waals surface area contributed by atoms with Gasteiger partial charge >= 0.3 is 0 Å². The first-order valence-electron chi connectivity index (χ1n) is 6.12. The minimum absolute atomic E-state index is 0.0103. The van der Waals surface area contributed by atoms with Crippen LogP contribution in [0.3, 0.4) is 0 Å². The molecule has 1 aromatic carbocycles. The Balaban J connectivity index is 1.91. The van der Waals surface area contributed by atoms with Crippen LogP contribution in [0.2, 0.25) is 0 Å². The Morgan fingerprint density at radius 2 is 1.95 bits per heavy atom. The van der Waals surface area contributed by atoms with Crippen LogP contribution in [0.5, 0.6) is 0 Å². The summed E-state index contributed by atoms with van der Waals surface area (Å²) in [7, 11) is 0. The van der Waals surface area contributed by atoms with Gasteiger partial charge in [-0.2, -0.15) is 0 Å². The molecule has 4 heteroatoms. The van der Waals surface area contributed by atoms with Crippen molar-refractivity contribution in [3.63, 3.8) is 0 Å². The molecular formula is C15H15BrN2O. The molecule has 0 bridgehead atoms. The number of carbonyl (C=O) groups is 1. The predicted octanol–water partition coefficient (Wildman–Crippen LogP) is 3.72. The van der Waals surface area contributed by atoms with Crippen LogP contribution in [-0.2, 0) is 11.2 Å². The third-order valence-corrected chi connectivity index (χ3v) is 3.25. The number of pyridine rings is 1. The summed E-state index contributed by atoms with van der Waals surface area (Å²) in [4.78, 5) is 16.1. The number of rotatable bonds is 4. The normalized spacial score (nSPS) is 10.2. The number of carbonyl (C=O) groups excluding carboxylic acids is 1. The summed E-state index contributed by atoms with van der Waals surface area (Å²) in [5, 5.41) is 2.89. The maximum atomic E-state index is 11.9. The number of aryl methyl sites for hydroxylation is 2. The van der Waals surface area contributed by atoms with E-state index in [1.165, 1.54) is 5.56 Å². The molecule has 1 amide bonds. The molecule has 0 unspecified atom stereocenters. The number of nitrogens with zero attached hydrogens (tertiary/aromatic N) is 1. The first-order valence-corrected chi connectivity index (χ1v) is 6.91. The van der Waals surface area contributed by atoms with Crippen molar-refractivity contribution in [2.75, 3.05) is 5.32 Å². The molecule has 0 fully saturated rings. The highest BCUT2D eigenvalue weighted by Crippen LogP contribution is 2.16. The number of hydrogen-bond donors (Lipinski definition) is 1. The number of amides is 1. The van der Waals surface area contributed by atoms with Gasteiger partial charge in [-0.1, -0.05) is 30.3 Å². The van der Waals surface area contributed by atoms with Crippen molar-refractivity contribution in [1.29, 1.82) is 0 Å². The molecule has 0 spiro atoms. The molecule has 2 aromatic rings. The second kappa shape index (κ2) is 6.48. The van der Waals surface area contributed by atoms with Gasteiger partial charge in [0.25, 0.3) is 0 Å². The van der Waals surface area contributed by atoms with Crippen LogP contribution in [0.1, 0.15) is 17.7 Å². The number of nitrogens with one attached hydrogen (secondary N) is 1. The molecule has 0 aliphatic carbocycles. The maximum absolute atomic E-state index is 11.9. The Morgan fingerprint density at radius 1 is 1.21 bits per heavy atom. The molecule has 0 saturated carbocycles. The van der Waals surface area contributed by atoms with Crippen LogP contribution in [-0.4, -0.2) is 10.9 Å². The molecule has 19 heavy (non-hydrogen) atoms. The molecule has 1 aromatic heterocycles. The van der Waals surface area contributed by atoms with Crippen LogP contribution in [0.4, 0.5) is 5.69 Å². The zero-order chi connectivity index (χ0) is 13.7. The van der Waals surface area contributed by atoms with E-state index in [1.54, 1.807) is 0 Å². The standard InChI is InChI=1S/C15H15BrN2O/c1-11-13(8-9-14(16)17-11)18-15(19)10-7-12-5-3-2-4-6-12/h2-6,8-9H,7,10H2,1H3,(H,18,19). The summed E-state index contributed by atoms with van der Waals surface area (Å²) in [6.45, 7) is 1.87. The smallest absolute Gasteiger partial charge is 0.224 e. The second-order valence-electron chi connectivity index (χ2n) is 4.30. The van der Waals surface area contributed by atoms with Crippen LogP contribution in [0.25, 0.3) is 0 Å². The minimum atomic E-state index is 0.0103. The zero-order valence-electron chi connectivity index (χ0n) is 10.7. The fourth-order valence-corrected chi connectivity index (χ4v) is 2.18. The van der Waals surface area contributed by atoms with Crippen LogP contribution >= 0.6 is 15.9 Å². The molecule has 0 atom stereocenters. The molecule has 0 aliphatic rings. The van der Waals surface area contributed by atoms with Gasteiger partial charge in [-0.05, 0) is 47.0 Å². The monoisotopic (exact) mass is 318 g/mol. The van der Waals surface area contributed by atoms with Gasteiger partial charge in [-0.3, -0.25) is 4.79 Å². The van der Waals surface area contributed by atoms with Crippen molar-refractivity contribution in [2.45, 2.75) is 19.8 Å². The minimum Gasteiger partial charge on any atom is -0.324 e. The number of aromatic nitrogens is 1. The lowest BCUT2D eigenvalue weighted by Crippen LogP contribution is -2.13. The molecule has 3 nitrogen and oxygen atoms in total. The lowest BCUT2D eigenvalue weighted by molar-refractivity contribution is -0.116. The largest absolute Gasteiger partial charge is 0.324 e. The van der Waals surface area contributed by atoms with Gasteiger partial charge in [0, 0.05) is 6.42 Å². The summed E-state index contributed by atoms with van der Waals surface area (Å²) >= 11 is 3.30. The van der Waals surface area contributed by atoms with Crippen LogP contribution < -0.4 is 5.32 Å². The van der Waals surface area contributed by atoms with Crippen molar-refractivity contribution in [2.24, 2.45) is 0 Å². The van der Waals surface area contributed by atoms with Gasteiger partial charge < -0.3 is 5.32 Å². The molecule has 1 heterocycles. The van der Waals surface area contributed by atoms with E-state index >= 15 is 0 Å². The Hall–Kier alpha value is -1.68. The van der Waals surface area contributed by atoms with E-state index in [2.05, 4.69) is 26.2 Å². The van der Waals surface area contributed by atoms with E-state index in [0.717, 1.165) is 22.4 Å². The topological polar surface area (TPSA) is 42.0 Å². The van der Waals surface area contributed by atoms with Gasteiger partial charge in [0.2, 0.25) is 5.91 Å². The first-order chi connectivity index (χ1) is 9.15. The third kappa shape index (κ3) is 4.17. The summed E-state index contributed by atoms with van der Waals surface area (Å²) in [5.41, 5.74) is 2.74. The van der Waals surface area contributed by atoms with Crippen molar-refractivity contribution in [3.8, 4) is 0 Å². The molecule has 2 rings (SSSR count). The van der Waals surface area contributed by atoms with E-state index in [0.29, 0.717) is 6.42 Å². The number of hydrogen-bond acceptors (Lipinski definition) is 2. The Bertz CT molecular complexity index is 570. The molecule has 0 saturated heterocycles. The van der Waals surface area contributed by atoms with Gasteiger partial charge in [0.05, 0.1) is 11.4 Å². The number of anilines is 1. The lowest BCUT2D eigenvalue weighted by atomic mass is 10.1. The Kier molecular flexibility index (Phi) is 4.68. The summed E-state index contributed by atoms with van der Waals surface area (Å²) in [5.74, 6) is 0.0103. The van der Waals surface area contributed by atoms with Crippen molar-refractivity contribution < 1.29 is 4.79 Å². The molecule has 98 valence electrons. The molecular weight excluding hydrogens is 304 g/mol. The van der Waals surface area contributed by atoms with Gasteiger partial charge in [-0.25, -0.2) is 4.98 Å². The Morgan fingerprint density at radius 3 is 2.63 bits per heavy atom. The molecule has 0 aliphatic heterocycles. The fraction of sp³-hybridized carbons (Fsp3) is 0.200. The second-order valence-corrected chi connectivity index (χ2v) is 5.11. The quantitative estimate of drug-likeness (QED) is 0.873. The lowest BCUT2D eigenvalue weighted by Gasteiger charge is -2.08. The third-order valence-electron chi connectivity index (χ3n) is 2.81. The van der Waals surface area contributed by atoms with Gasteiger partial charge in [0.1, 0.15) is 4.60 Å². The predicted molar refractivity (Wildman–Crippen MR) is 80.1 cm³/mol. The van der Waals surface area contributed by atoms with E-state index < -0.39 is 0 Å². The van der Waals surface area contributed by atoms with E-state index in [1.807, 2.05) is 49.4 Å². The average Bonchev–Trinajstić information content (AvgIpc) is 2.41. The number of benzene rings is 1. The zero-order valence-corrected chi connectivity index (χ0v) is 12.3. The van der Waals surface area contributed by atoms with Crippen LogP contribution in [0.15, 0.2) is 47.1 Å². The highest BCUT2D eigenvalue weighted by molar-refractivity contribution is 9.10. The van der Waals surface area contributed by atoms with Crippen molar-refractivity contribution in [3.05, 3.63) is 58.3 Å². The van der Waals surface area contributed by atoms with Crippen molar-refractivity contribution in [1.82, 2.24) is 4.98 Å². The highest BCUT2D eigenvalue weighted by Gasteiger charge is 2.06. The van der Waals surface area contributed by atoms with Gasteiger partial charge in [0.15, 0.2) is 0 Å². The van der Waals surface area contributed by atoms with E-state index in [-0.39, 0.29) is 5.91 Å². The van der Waals surface area contributed by atoms with Crippen LogP contribution in [0, 0.1) is 6.92 Å². The summed E-state index contributed by atoms with van der Waals surface area (Å²) < 4.78 is 0.771. The maximum Gasteiger partial charge on any atom is 0.224 e. The van der Waals surface area contributed by atoms with Crippen molar-refractivity contribution >= 4 is 27.5 Å². The first kappa shape index (κ1) is 13.7. The molecule has 1 N–H and O–H groups in total. The molecule has 0 radical (unpaired) electrons. The van der Waals surface area contributed by atoms with Gasteiger partial charge in [-0.15, -0.1) is 0 Å². The van der Waals surface area contributed by atoms with E-state index in [9.17, 15) is 4.79 Å². The van der Waals surface area contributed by atoms with E-state index in [4.69, 9.17) is 0 Å². The Labute approximate surface area is 121 Å². The number of halogens is 1. The summed E-state index contributed by atoms with van der Waals surface area (Å²) in [6.07, 6.45) is 1.22. The fourth-order valence-electron chi connectivity index (χ4n) is 1.78. The SMILES string of the molecule is Cc1nc(Br)ccc1NC(=O)CCc1ccccc1. The summed E-state index contributed by atoms with van der Waals surface area (Å²) in [6, 6.07) is 13.7.